The largest absolute Gasteiger partial charge is 0.288 e. The molecule has 0 aliphatic carbocycles. The molecule has 0 N–H and O–H groups in total. The van der Waals surface area contributed by atoms with Gasteiger partial charge < -0.3 is 0 Å². The van der Waals surface area contributed by atoms with Crippen LogP contribution >= 0.6 is 11.3 Å². The fraction of sp³-hybridized carbons (Fsp3) is 0.182. The first-order valence-corrected chi connectivity index (χ1v) is 5.66. The van der Waals surface area contributed by atoms with Gasteiger partial charge in [-0.25, -0.2) is 4.98 Å². The van der Waals surface area contributed by atoms with Crippen LogP contribution in [0.3, 0.4) is 0 Å². The van der Waals surface area contributed by atoms with Crippen molar-refractivity contribution in [1.82, 2.24) is 14.8 Å². The summed E-state index contributed by atoms with van der Waals surface area (Å²) in [7, 11) is 1.84. The van der Waals surface area contributed by atoms with E-state index in [-0.39, 0.29) is 5.78 Å². The van der Waals surface area contributed by atoms with E-state index in [1.165, 1.54) is 11.3 Å². The Morgan fingerprint density at radius 1 is 1.56 bits per heavy atom. The Hall–Kier alpha value is -1.75. The maximum Gasteiger partial charge on any atom is 0.197 e. The smallest absolute Gasteiger partial charge is 0.197 e. The predicted octanol–water partition coefficient (Wildman–Crippen LogP) is 2.08. The molecule has 0 saturated carbocycles. The number of aromatic nitrogens is 3. The highest BCUT2D eigenvalue weighted by molar-refractivity contribution is 7.12. The van der Waals surface area contributed by atoms with E-state index in [1.54, 1.807) is 28.5 Å². The molecule has 5 heteroatoms. The van der Waals surface area contributed by atoms with Crippen molar-refractivity contribution in [3.05, 3.63) is 40.1 Å². The zero-order chi connectivity index (χ0) is 11.5. The van der Waals surface area contributed by atoms with Gasteiger partial charge in [0.05, 0.1) is 22.3 Å². The Morgan fingerprint density at radius 2 is 2.38 bits per heavy atom. The van der Waals surface area contributed by atoms with Gasteiger partial charge in [0.2, 0.25) is 0 Å². The molecule has 16 heavy (non-hydrogen) atoms. The molecule has 0 spiro atoms. The SMILES string of the molecule is Cc1ncsc1C(=O)C=Cc1cnn(C)c1. The zero-order valence-corrected chi connectivity index (χ0v) is 9.86. The van der Waals surface area contributed by atoms with Crippen molar-refractivity contribution in [2.75, 3.05) is 0 Å². The highest BCUT2D eigenvalue weighted by atomic mass is 32.1. The Kier molecular flexibility index (Phi) is 2.96. The van der Waals surface area contributed by atoms with Crippen LogP contribution in [-0.4, -0.2) is 20.5 Å². The summed E-state index contributed by atoms with van der Waals surface area (Å²) in [6, 6.07) is 0. The molecule has 0 radical (unpaired) electrons. The first-order chi connectivity index (χ1) is 7.66. The summed E-state index contributed by atoms with van der Waals surface area (Å²) in [5.74, 6) is -0.0103. The first kappa shape index (κ1) is 10.8. The van der Waals surface area contributed by atoms with Crippen LogP contribution < -0.4 is 0 Å². The van der Waals surface area contributed by atoms with Gasteiger partial charge in [-0.15, -0.1) is 11.3 Å². The highest BCUT2D eigenvalue weighted by Gasteiger charge is 2.07. The number of carbonyl (C=O) groups excluding carboxylic acids is 1. The van der Waals surface area contributed by atoms with Crippen molar-refractivity contribution in [1.29, 1.82) is 0 Å². The van der Waals surface area contributed by atoms with Gasteiger partial charge in [-0.05, 0) is 19.1 Å². The number of hydrogen-bond donors (Lipinski definition) is 0. The molecule has 0 aliphatic heterocycles. The van der Waals surface area contributed by atoms with Gasteiger partial charge >= 0.3 is 0 Å². The minimum atomic E-state index is -0.0103. The second-order valence-electron chi connectivity index (χ2n) is 3.41. The average Bonchev–Trinajstić information content (AvgIpc) is 2.84. The van der Waals surface area contributed by atoms with Crippen molar-refractivity contribution < 1.29 is 4.79 Å². The zero-order valence-electron chi connectivity index (χ0n) is 9.04. The third-order valence-corrected chi connectivity index (χ3v) is 3.06. The molecule has 0 fully saturated rings. The van der Waals surface area contributed by atoms with Crippen LogP contribution in [0.15, 0.2) is 24.0 Å². The molecule has 0 saturated heterocycles. The van der Waals surface area contributed by atoms with E-state index < -0.39 is 0 Å². The number of aryl methyl sites for hydroxylation is 2. The summed E-state index contributed by atoms with van der Waals surface area (Å²) >= 11 is 1.37. The third-order valence-electron chi connectivity index (χ3n) is 2.12. The molecule has 0 unspecified atom stereocenters. The molecule has 2 heterocycles. The number of ketones is 1. The normalized spacial score (nSPS) is 11.1. The summed E-state index contributed by atoms with van der Waals surface area (Å²) in [5, 5.41) is 4.02. The molecule has 0 atom stereocenters. The molecular formula is C11H11N3OS. The molecule has 0 bridgehead atoms. The molecule has 2 aromatic heterocycles. The lowest BCUT2D eigenvalue weighted by Crippen LogP contribution is -1.92. The highest BCUT2D eigenvalue weighted by Crippen LogP contribution is 2.14. The van der Waals surface area contributed by atoms with E-state index in [0.717, 1.165) is 11.3 Å². The van der Waals surface area contributed by atoms with E-state index in [4.69, 9.17) is 0 Å². The van der Waals surface area contributed by atoms with Gasteiger partial charge in [-0.2, -0.15) is 5.10 Å². The second kappa shape index (κ2) is 4.40. The van der Waals surface area contributed by atoms with E-state index in [2.05, 4.69) is 10.1 Å². The fourth-order valence-corrected chi connectivity index (χ4v) is 2.04. The van der Waals surface area contributed by atoms with E-state index in [9.17, 15) is 4.79 Å². The van der Waals surface area contributed by atoms with Crippen LogP contribution in [0.5, 0.6) is 0 Å². The van der Waals surface area contributed by atoms with Gasteiger partial charge in [-0.1, -0.05) is 0 Å². The van der Waals surface area contributed by atoms with Crippen molar-refractivity contribution in [2.24, 2.45) is 7.05 Å². The van der Waals surface area contributed by atoms with Crippen LogP contribution in [0.2, 0.25) is 0 Å². The number of allylic oxidation sites excluding steroid dienone is 1. The predicted molar refractivity (Wildman–Crippen MR) is 63.4 cm³/mol. The lowest BCUT2D eigenvalue weighted by atomic mass is 10.2. The van der Waals surface area contributed by atoms with Crippen molar-refractivity contribution >= 4 is 23.2 Å². The maximum absolute atomic E-state index is 11.8. The van der Waals surface area contributed by atoms with Gasteiger partial charge in [-0.3, -0.25) is 9.48 Å². The molecule has 82 valence electrons. The first-order valence-electron chi connectivity index (χ1n) is 4.78. The molecule has 2 aromatic rings. The van der Waals surface area contributed by atoms with E-state index in [0.29, 0.717) is 4.88 Å². The lowest BCUT2D eigenvalue weighted by molar-refractivity contribution is 0.105. The minimum absolute atomic E-state index is 0.0103. The molecule has 0 aliphatic rings. The van der Waals surface area contributed by atoms with Crippen molar-refractivity contribution in [2.45, 2.75) is 6.92 Å². The molecule has 4 nitrogen and oxygen atoms in total. The van der Waals surface area contributed by atoms with Gasteiger partial charge in [0.25, 0.3) is 0 Å². The van der Waals surface area contributed by atoms with Gasteiger partial charge in [0, 0.05) is 18.8 Å². The lowest BCUT2D eigenvalue weighted by Gasteiger charge is -1.90. The maximum atomic E-state index is 11.8. The van der Waals surface area contributed by atoms with E-state index in [1.807, 2.05) is 20.2 Å². The Labute approximate surface area is 97.3 Å². The van der Waals surface area contributed by atoms with Crippen LogP contribution in [0, 0.1) is 6.92 Å². The third kappa shape index (κ3) is 2.25. The van der Waals surface area contributed by atoms with Crippen molar-refractivity contribution in [3.63, 3.8) is 0 Å². The van der Waals surface area contributed by atoms with Crippen LogP contribution in [0.25, 0.3) is 6.08 Å². The Bertz CT molecular complexity index is 539. The number of nitrogens with zero attached hydrogens (tertiary/aromatic N) is 3. The van der Waals surface area contributed by atoms with E-state index >= 15 is 0 Å². The van der Waals surface area contributed by atoms with Crippen LogP contribution in [0.1, 0.15) is 20.9 Å². The quantitative estimate of drug-likeness (QED) is 0.602. The molecule has 0 amide bonds. The summed E-state index contributed by atoms with van der Waals surface area (Å²) in [4.78, 5) is 16.5. The van der Waals surface area contributed by atoms with Crippen LogP contribution in [0.4, 0.5) is 0 Å². The Balaban J connectivity index is 2.14. The summed E-state index contributed by atoms with van der Waals surface area (Å²) in [6.07, 6.45) is 6.87. The average molecular weight is 233 g/mol. The van der Waals surface area contributed by atoms with Gasteiger partial charge in [0.15, 0.2) is 5.78 Å². The van der Waals surface area contributed by atoms with Gasteiger partial charge in [0.1, 0.15) is 0 Å². The summed E-state index contributed by atoms with van der Waals surface area (Å²) in [5.41, 5.74) is 3.38. The second-order valence-corrected chi connectivity index (χ2v) is 4.27. The van der Waals surface area contributed by atoms with Crippen molar-refractivity contribution in [3.8, 4) is 0 Å². The summed E-state index contributed by atoms with van der Waals surface area (Å²) < 4.78 is 1.70. The Morgan fingerprint density at radius 3 is 2.94 bits per heavy atom. The van der Waals surface area contributed by atoms with Crippen LogP contribution in [-0.2, 0) is 7.05 Å². The number of carbonyl (C=O) groups is 1. The summed E-state index contributed by atoms with van der Waals surface area (Å²) in [6.45, 7) is 1.83. The molecule has 2 rings (SSSR count). The monoisotopic (exact) mass is 233 g/mol. The number of rotatable bonds is 3. The molecule has 0 aromatic carbocycles. The topological polar surface area (TPSA) is 47.8 Å². The fourth-order valence-electron chi connectivity index (χ4n) is 1.31. The number of hydrogen-bond acceptors (Lipinski definition) is 4. The minimum Gasteiger partial charge on any atom is -0.288 e. The number of thiazole rings is 1. The molecular weight excluding hydrogens is 222 g/mol. The standard InChI is InChI=1S/C11H11N3OS/c1-8-11(16-7-12-8)10(15)4-3-9-5-13-14(2)6-9/h3-7H,1-2H3.